The average Bonchev–Trinajstić information content (AvgIpc) is 3.63. The van der Waals surface area contributed by atoms with Gasteiger partial charge in [-0.25, -0.2) is 4.98 Å². The van der Waals surface area contributed by atoms with Crippen molar-refractivity contribution in [1.82, 2.24) is 25.1 Å². The van der Waals surface area contributed by atoms with Gasteiger partial charge in [0.1, 0.15) is 17.6 Å². The lowest BCUT2D eigenvalue weighted by atomic mass is 9.88. The summed E-state index contributed by atoms with van der Waals surface area (Å²) in [5.74, 6) is -0.430. The van der Waals surface area contributed by atoms with Crippen LogP contribution in [-0.4, -0.2) is 88.2 Å². The number of likely N-dealkylation sites (tertiary alicyclic amines) is 1. The van der Waals surface area contributed by atoms with Gasteiger partial charge in [0.2, 0.25) is 18.2 Å². The van der Waals surface area contributed by atoms with Gasteiger partial charge in [0.15, 0.2) is 11.6 Å². The first kappa shape index (κ1) is 46.9. The first-order valence-electron chi connectivity index (χ1n) is 19.6. The van der Waals surface area contributed by atoms with Gasteiger partial charge in [-0.1, -0.05) is 90.5 Å². The molecule has 0 saturated carbocycles. The molecule has 0 radical (unpaired) electrons. The number of amides is 3. The van der Waals surface area contributed by atoms with Crippen molar-refractivity contribution in [1.29, 1.82) is 0 Å². The fourth-order valence-electron chi connectivity index (χ4n) is 5.83. The third-order valence-corrected chi connectivity index (χ3v) is 9.68. The number of hydrogen-bond acceptors (Lipinski definition) is 8. The normalized spacial score (nSPS) is 14.1. The number of imidazole rings is 1. The summed E-state index contributed by atoms with van der Waals surface area (Å²) in [7, 11) is 1.71. The van der Waals surface area contributed by atoms with Gasteiger partial charge >= 0.3 is 0 Å². The molecule has 58 heavy (non-hydrogen) atoms. The Balaban J connectivity index is 0.000000283. The van der Waals surface area contributed by atoms with Crippen LogP contribution in [0.3, 0.4) is 0 Å². The fraction of sp³-hybridized carbons (Fsp3) is 0.435. The summed E-state index contributed by atoms with van der Waals surface area (Å²) in [5.41, 5.74) is 3.67. The van der Waals surface area contributed by atoms with Gasteiger partial charge in [-0.2, -0.15) is 0 Å². The minimum Gasteiger partial charge on any atom is -0.379 e. The number of nitrogens with one attached hydrogen (secondary N) is 2. The second-order valence-electron chi connectivity index (χ2n) is 15.9. The van der Waals surface area contributed by atoms with Gasteiger partial charge in [0, 0.05) is 37.9 Å². The highest BCUT2D eigenvalue weighted by Crippen LogP contribution is 2.27. The van der Waals surface area contributed by atoms with E-state index in [4.69, 9.17) is 9.47 Å². The molecule has 2 heterocycles. The van der Waals surface area contributed by atoms with E-state index in [2.05, 4.69) is 15.6 Å². The molecule has 12 nitrogen and oxygen atoms in total. The lowest BCUT2D eigenvalue weighted by molar-refractivity contribution is -0.134. The SMILES string of the molecule is CC(=O)C(COCc1ccccc1)NC(=O)C(C)(C)NC=O.COC(C)(C)C.Cc1ccc(C(=O)C2CCN(C(=O)C(c3ccccc3)n3cnc(C)c3)CC2)cc1. The molecule has 12 heteroatoms. The summed E-state index contributed by atoms with van der Waals surface area (Å²) in [6.07, 6.45) is 5.47. The van der Waals surface area contributed by atoms with E-state index in [-0.39, 0.29) is 35.6 Å². The number of aromatic nitrogens is 2. The number of nitrogens with zero attached hydrogens (tertiary/aromatic N) is 3. The molecular weight excluding hydrogens is 735 g/mol. The molecule has 0 spiro atoms. The number of ether oxygens (including phenoxy) is 2. The van der Waals surface area contributed by atoms with Crippen molar-refractivity contribution in [3.63, 3.8) is 0 Å². The van der Waals surface area contributed by atoms with E-state index < -0.39 is 23.5 Å². The van der Waals surface area contributed by atoms with E-state index in [9.17, 15) is 24.0 Å². The predicted octanol–water partition coefficient (Wildman–Crippen LogP) is 6.44. The molecule has 3 amide bonds. The van der Waals surface area contributed by atoms with Crippen LogP contribution in [0.2, 0.25) is 0 Å². The molecule has 3 aromatic carbocycles. The third-order valence-electron chi connectivity index (χ3n) is 9.68. The molecule has 0 bridgehead atoms. The monoisotopic (exact) mass is 795 g/mol. The van der Waals surface area contributed by atoms with E-state index in [0.29, 0.717) is 38.9 Å². The Hall–Kier alpha value is -5.46. The number of methoxy groups -OCH3 is 1. The van der Waals surface area contributed by atoms with Gasteiger partial charge in [-0.05, 0) is 79.4 Å². The summed E-state index contributed by atoms with van der Waals surface area (Å²) in [6.45, 7) is 16.1. The summed E-state index contributed by atoms with van der Waals surface area (Å²) >= 11 is 0. The topological polar surface area (TPSA) is 149 Å². The van der Waals surface area contributed by atoms with Crippen LogP contribution < -0.4 is 10.6 Å². The Bertz CT molecular complexity index is 1900. The van der Waals surface area contributed by atoms with Crippen molar-refractivity contribution in [3.05, 3.63) is 125 Å². The predicted molar refractivity (Wildman–Crippen MR) is 225 cm³/mol. The number of piperidine rings is 1. The molecule has 0 aliphatic carbocycles. The van der Waals surface area contributed by atoms with Gasteiger partial charge in [0.05, 0.1) is 30.8 Å². The maximum atomic E-state index is 13.5. The molecule has 1 aromatic heterocycles. The molecule has 312 valence electrons. The Kier molecular flexibility index (Phi) is 18.2. The highest BCUT2D eigenvalue weighted by atomic mass is 16.5. The largest absolute Gasteiger partial charge is 0.379 e. The molecule has 1 fully saturated rings. The smallest absolute Gasteiger partial charge is 0.250 e. The summed E-state index contributed by atoms with van der Waals surface area (Å²) < 4.78 is 12.3. The van der Waals surface area contributed by atoms with E-state index in [1.54, 1.807) is 27.3 Å². The van der Waals surface area contributed by atoms with E-state index in [0.717, 1.165) is 27.9 Å². The summed E-state index contributed by atoms with van der Waals surface area (Å²) in [6, 6.07) is 25.9. The standard InChI is InChI=1S/C25H27N3O2.C16H22N2O4.C5H12O/c1-18-8-10-21(11-9-18)24(29)22-12-14-27(15-13-22)25(30)23(20-6-4-3-5-7-20)28-16-19(2)26-17-28;1-12(20)14(18-15(21)16(2,3)17-11-19)10-22-9-13-7-5-4-6-8-13;1-5(2,3)6-4/h3-11,16-17,22-23H,12-15H2,1-2H3;4-8,11,14H,9-10H2,1-3H3,(H,17,19)(H,18,21);1-4H3. The van der Waals surface area contributed by atoms with Crippen LogP contribution in [0.1, 0.15) is 93.2 Å². The number of ketones is 2. The Morgan fingerprint density at radius 1 is 0.879 bits per heavy atom. The van der Waals surface area contributed by atoms with Crippen LogP contribution in [0.15, 0.2) is 97.5 Å². The quantitative estimate of drug-likeness (QED) is 0.109. The fourth-order valence-corrected chi connectivity index (χ4v) is 5.83. The van der Waals surface area contributed by atoms with Crippen molar-refractivity contribution in [2.24, 2.45) is 5.92 Å². The van der Waals surface area contributed by atoms with Crippen LogP contribution >= 0.6 is 0 Å². The van der Waals surface area contributed by atoms with E-state index in [1.807, 2.05) is 135 Å². The van der Waals surface area contributed by atoms with E-state index >= 15 is 0 Å². The lowest BCUT2D eigenvalue weighted by Crippen LogP contribution is -2.56. The second-order valence-corrected chi connectivity index (χ2v) is 15.9. The number of carbonyl (C=O) groups is 5. The maximum Gasteiger partial charge on any atom is 0.250 e. The Morgan fingerprint density at radius 3 is 1.95 bits per heavy atom. The minimum atomic E-state index is -1.09. The van der Waals surface area contributed by atoms with Crippen LogP contribution in [-0.2, 0) is 35.3 Å². The molecule has 5 rings (SSSR count). The first-order valence-corrected chi connectivity index (χ1v) is 19.6. The first-order chi connectivity index (χ1) is 27.4. The average molecular weight is 796 g/mol. The van der Waals surface area contributed by atoms with Crippen molar-refractivity contribution < 1.29 is 33.4 Å². The Labute approximate surface area is 343 Å². The lowest BCUT2D eigenvalue weighted by Gasteiger charge is -2.34. The molecule has 1 saturated heterocycles. The summed E-state index contributed by atoms with van der Waals surface area (Å²) in [4.78, 5) is 66.7. The maximum absolute atomic E-state index is 13.5. The second kappa shape index (κ2) is 22.5. The molecule has 2 atom stereocenters. The third kappa shape index (κ3) is 15.1. The zero-order valence-electron chi connectivity index (χ0n) is 35.5. The molecule has 2 N–H and O–H groups in total. The number of rotatable bonds is 14. The molecular formula is C46H61N5O7. The number of hydrogen-bond donors (Lipinski definition) is 2. The zero-order chi connectivity index (χ0) is 42.9. The number of carbonyl (C=O) groups excluding carboxylic acids is 5. The van der Waals surface area contributed by atoms with Crippen molar-refractivity contribution >= 4 is 29.8 Å². The number of benzene rings is 3. The molecule has 4 aromatic rings. The highest BCUT2D eigenvalue weighted by Gasteiger charge is 2.33. The van der Waals surface area contributed by atoms with Crippen LogP contribution in [0.4, 0.5) is 0 Å². The number of Topliss-reactive ketones (excluding diaryl/α,β-unsaturated/α-hetero) is 2. The van der Waals surface area contributed by atoms with Gasteiger partial charge < -0.3 is 29.6 Å². The number of aryl methyl sites for hydroxylation is 2. The van der Waals surface area contributed by atoms with Crippen LogP contribution in [0.25, 0.3) is 0 Å². The van der Waals surface area contributed by atoms with E-state index in [1.165, 1.54) is 6.92 Å². The van der Waals surface area contributed by atoms with Gasteiger partial charge in [-0.3, -0.25) is 24.0 Å². The molecule has 2 unspecified atom stereocenters. The highest BCUT2D eigenvalue weighted by molar-refractivity contribution is 5.98. The van der Waals surface area contributed by atoms with Crippen LogP contribution in [0, 0.1) is 19.8 Å². The van der Waals surface area contributed by atoms with Gasteiger partial charge in [0.25, 0.3) is 0 Å². The van der Waals surface area contributed by atoms with Crippen molar-refractivity contribution in [3.8, 4) is 0 Å². The van der Waals surface area contributed by atoms with Crippen LogP contribution in [0.5, 0.6) is 0 Å². The molecule has 1 aliphatic heterocycles. The van der Waals surface area contributed by atoms with Crippen molar-refractivity contribution in [2.45, 2.75) is 98.1 Å². The summed E-state index contributed by atoms with van der Waals surface area (Å²) in [5, 5.41) is 5.00. The minimum absolute atomic E-state index is 0.0255. The zero-order valence-corrected chi connectivity index (χ0v) is 35.5. The molecule has 1 aliphatic rings. The van der Waals surface area contributed by atoms with Gasteiger partial charge in [-0.15, -0.1) is 0 Å². The Morgan fingerprint density at radius 2 is 1.45 bits per heavy atom. The van der Waals surface area contributed by atoms with Crippen molar-refractivity contribution in [2.75, 3.05) is 26.8 Å².